The molecule has 2 aliphatic rings. The number of carbonyl (C=O) groups is 1. The first-order chi connectivity index (χ1) is 10.1. The van der Waals surface area contributed by atoms with Crippen LogP contribution in [0.15, 0.2) is 11.8 Å². The molecular weight excluding hydrogens is 262 g/mol. The summed E-state index contributed by atoms with van der Waals surface area (Å²) in [5.74, 6) is 0.261. The molecule has 1 amide bonds. The fourth-order valence-electron chi connectivity index (χ4n) is 3.35. The van der Waals surface area contributed by atoms with Crippen molar-refractivity contribution < 1.29 is 4.79 Å². The maximum Gasteiger partial charge on any atom is 0.240 e. The third-order valence-corrected chi connectivity index (χ3v) is 4.67. The van der Waals surface area contributed by atoms with Crippen LogP contribution >= 0.6 is 0 Å². The van der Waals surface area contributed by atoms with Gasteiger partial charge < -0.3 is 10.2 Å². The highest BCUT2D eigenvalue weighted by Crippen LogP contribution is 2.21. The molecule has 120 valence electrons. The molecule has 1 unspecified atom stereocenters. The van der Waals surface area contributed by atoms with Gasteiger partial charge in [-0.1, -0.05) is 6.08 Å². The normalized spacial score (nSPS) is 22.1. The van der Waals surface area contributed by atoms with E-state index in [1.165, 1.54) is 25.0 Å². The lowest BCUT2D eigenvalue weighted by Crippen LogP contribution is -2.47. The van der Waals surface area contributed by atoms with Crippen LogP contribution < -0.4 is 5.32 Å². The van der Waals surface area contributed by atoms with E-state index in [1.807, 2.05) is 4.90 Å². The topological polar surface area (TPSA) is 35.6 Å². The second-order valence-electron chi connectivity index (χ2n) is 6.54. The van der Waals surface area contributed by atoms with Gasteiger partial charge in [0.15, 0.2) is 0 Å². The minimum atomic E-state index is 0.261. The maximum atomic E-state index is 12.7. The molecule has 0 aromatic heterocycles. The molecule has 1 atom stereocenters. The van der Waals surface area contributed by atoms with Gasteiger partial charge in [-0.25, -0.2) is 0 Å². The Morgan fingerprint density at radius 1 is 1.43 bits per heavy atom. The third kappa shape index (κ3) is 4.55. The number of hydrogen-bond acceptors (Lipinski definition) is 3. The third-order valence-electron chi connectivity index (χ3n) is 4.67. The second kappa shape index (κ2) is 7.95. The first-order valence-electron chi connectivity index (χ1n) is 8.58. The van der Waals surface area contributed by atoms with Crippen LogP contribution in [0.1, 0.15) is 52.9 Å². The molecule has 2 rings (SSSR count). The number of nitrogens with one attached hydrogen (secondary N) is 1. The summed E-state index contributed by atoms with van der Waals surface area (Å²) in [4.78, 5) is 17.0. The van der Waals surface area contributed by atoms with E-state index < -0.39 is 0 Å². The van der Waals surface area contributed by atoms with Crippen molar-refractivity contribution in [3.8, 4) is 0 Å². The predicted molar refractivity (Wildman–Crippen MR) is 87.1 cm³/mol. The van der Waals surface area contributed by atoms with Crippen molar-refractivity contribution in [2.24, 2.45) is 0 Å². The Hall–Kier alpha value is -0.870. The van der Waals surface area contributed by atoms with Crippen LogP contribution in [0.2, 0.25) is 0 Å². The maximum absolute atomic E-state index is 12.7. The number of rotatable bonds is 7. The minimum Gasteiger partial charge on any atom is -0.316 e. The Morgan fingerprint density at radius 3 is 2.76 bits per heavy atom. The first-order valence-corrected chi connectivity index (χ1v) is 8.58. The van der Waals surface area contributed by atoms with Gasteiger partial charge in [0.1, 0.15) is 0 Å². The molecule has 4 heteroatoms. The lowest BCUT2D eigenvalue weighted by atomic mass is 10.2. The lowest BCUT2D eigenvalue weighted by Gasteiger charge is -2.31. The van der Waals surface area contributed by atoms with E-state index in [0.29, 0.717) is 18.6 Å². The average Bonchev–Trinajstić information content (AvgIpc) is 3.11. The van der Waals surface area contributed by atoms with Gasteiger partial charge in [0.2, 0.25) is 5.91 Å². The van der Waals surface area contributed by atoms with Crippen molar-refractivity contribution >= 4 is 5.91 Å². The highest BCUT2D eigenvalue weighted by Gasteiger charge is 2.25. The molecule has 1 N–H and O–H groups in total. The van der Waals surface area contributed by atoms with Crippen molar-refractivity contribution in [3.05, 3.63) is 11.8 Å². The molecule has 1 aliphatic carbocycles. The first kappa shape index (κ1) is 16.5. The Kier molecular flexibility index (Phi) is 6.24. The van der Waals surface area contributed by atoms with E-state index in [-0.39, 0.29) is 5.91 Å². The van der Waals surface area contributed by atoms with E-state index in [2.05, 4.69) is 37.1 Å². The minimum absolute atomic E-state index is 0.261. The van der Waals surface area contributed by atoms with E-state index in [0.717, 1.165) is 32.5 Å². The van der Waals surface area contributed by atoms with E-state index in [4.69, 9.17) is 0 Å². The zero-order valence-corrected chi connectivity index (χ0v) is 13.9. The number of carbonyl (C=O) groups excluding carboxylic acids is 1. The average molecular weight is 293 g/mol. The second-order valence-corrected chi connectivity index (χ2v) is 6.54. The van der Waals surface area contributed by atoms with Gasteiger partial charge in [0, 0.05) is 30.9 Å². The predicted octanol–water partition coefficient (Wildman–Crippen LogP) is 2.37. The quantitative estimate of drug-likeness (QED) is 0.783. The zero-order chi connectivity index (χ0) is 15.2. The molecule has 1 saturated heterocycles. The fraction of sp³-hybridized carbons (Fsp3) is 0.824. The van der Waals surface area contributed by atoms with Crippen LogP contribution in [0, 0.1) is 0 Å². The van der Waals surface area contributed by atoms with Crippen LogP contribution in [-0.2, 0) is 4.79 Å². The number of nitrogens with zero attached hydrogens (tertiary/aromatic N) is 2. The number of hydrogen-bond donors (Lipinski definition) is 1. The summed E-state index contributed by atoms with van der Waals surface area (Å²) in [6.07, 6.45) is 8.11. The molecule has 21 heavy (non-hydrogen) atoms. The molecule has 1 aliphatic heterocycles. The number of allylic oxidation sites excluding steroid dienone is 2. The monoisotopic (exact) mass is 293 g/mol. The fourth-order valence-corrected chi connectivity index (χ4v) is 3.35. The molecule has 0 aromatic rings. The van der Waals surface area contributed by atoms with Gasteiger partial charge >= 0.3 is 0 Å². The highest BCUT2D eigenvalue weighted by molar-refractivity contribution is 5.80. The van der Waals surface area contributed by atoms with Crippen molar-refractivity contribution in [2.45, 2.75) is 65.0 Å². The number of likely N-dealkylation sites (N-methyl/N-ethyl adjacent to an activating group) is 1. The highest BCUT2D eigenvalue weighted by atomic mass is 16.2. The summed E-state index contributed by atoms with van der Waals surface area (Å²) in [7, 11) is 0. The molecule has 1 heterocycles. The van der Waals surface area contributed by atoms with Crippen molar-refractivity contribution in [1.29, 1.82) is 0 Å². The number of amides is 1. The molecule has 1 fully saturated rings. The van der Waals surface area contributed by atoms with Gasteiger partial charge in [0.25, 0.3) is 0 Å². The molecule has 0 spiro atoms. The summed E-state index contributed by atoms with van der Waals surface area (Å²) in [6.45, 7) is 9.90. The van der Waals surface area contributed by atoms with Gasteiger partial charge in [-0.15, -0.1) is 0 Å². The lowest BCUT2D eigenvalue weighted by molar-refractivity contribution is -0.131. The SMILES string of the molecule is CCN(C(=O)CN(CC1CCCN1)C(C)C)C1=CCCC1. The molecular formula is C17H31N3O. The smallest absolute Gasteiger partial charge is 0.240 e. The van der Waals surface area contributed by atoms with Crippen LogP contribution in [0.4, 0.5) is 0 Å². The summed E-state index contributed by atoms with van der Waals surface area (Å²) in [6, 6.07) is 0.966. The van der Waals surface area contributed by atoms with Crippen LogP contribution in [0.5, 0.6) is 0 Å². The van der Waals surface area contributed by atoms with Crippen LogP contribution in [-0.4, -0.2) is 54.0 Å². The van der Waals surface area contributed by atoms with Crippen molar-refractivity contribution in [2.75, 3.05) is 26.2 Å². The van der Waals surface area contributed by atoms with E-state index in [9.17, 15) is 4.79 Å². The summed E-state index contributed by atoms with van der Waals surface area (Å²) >= 11 is 0. The van der Waals surface area contributed by atoms with Crippen molar-refractivity contribution in [3.63, 3.8) is 0 Å². The van der Waals surface area contributed by atoms with Gasteiger partial charge in [-0.05, 0) is 59.4 Å². The summed E-state index contributed by atoms with van der Waals surface area (Å²) in [5, 5.41) is 3.54. The Balaban J connectivity index is 1.92. The molecule has 0 saturated carbocycles. The molecule has 0 aromatic carbocycles. The Bertz CT molecular complexity index is 372. The Morgan fingerprint density at radius 2 is 2.24 bits per heavy atom. The van der Waals surface area contributed by atoms with E-state index in [1.54, 1.807) is 0 Å². The largest absolute Gasteiger partial charge is 0.316 e. The van der Waals surface area contributed by atoms with Crippen LogP contribution in [0.25, 0.3) is 0 Å². The Labute approximate surface area is 129 Å². The molecule has 0 radical (unpaired) electrons. The van der Waals surface area contributed by atoms with Gasteiger partial charge in [0.05, 0.1) is 6.54 Å². The molecule has 0 bridgehead atoms. The van der Waals surface area contributed by atoms with Gasteiger partial charge in [-0.3, -0.25) is 9.69 Å². The zero-order valence-electron chi connectivity index (χ0n) is 13.9. The van der Waals surface area contributed by atoms with Crippen molar-refractivity contribution in [1.82, 2.24) is 15.1 Å². The summed E-state index contributed by atoms with van der Waals surface area (Å²) < 4.78 is 0. The molecule has 4 nitrogen and oxygen atoms in total. The standard InChI is InChI=1S/C17H31N3O/c1-4-20(16-9-5-6-10-16)17(21)13-19(14(2)3)12-15-8-7-11-18-15/h9,14-15,18H,4-8,10-13H2,1-3H3. The van der Waals surface area contributed by atoms with E-state index >= 15 is 0 Å². The van der Waals surface area contributed by atoms with Gasteiger partial charge in [-0.2, -0.15) is 0 Å². The van der Waals surface area contributed by atoms with Crippen LogP contribution in [0.3, 0.4) is 0 Å². The summed E-state index contributed by atoms with van der Waals surface area (Å²) in [5.41, 5.74) is 1.24.